The van der Waals surface area contributed by atoms with Crippen LogP contribution in [-0.4, -0.2) is 17.4 Å². The molecule has 0 radical (unpaired) electrons. The number of carbonyl (C=O) groups is 1. The summed E-state index contributed by atoms with van der Waals surface area (Å²) in [5.41, 5.74) is 6.28. The monoisotopic (exact) mass is 253 g/mol. The van der Waals surface area contributed by atoms with Gasteiger partial charge in [-0.25, -0.2) is 4.98 Å². The summed E-state index contributed by atoms with van der Waals surface area (Å²) < 4.78 is 5.38. The predicted molar refractivity (Wildman–Crippen MR) is 70.0 cm³/mol. The number of unbranched alkanes of at least 4 members (excludes halogenated alkanes) is 3. The van der Waals surface area contributed by atoms with Gasteiger partial charge in [-0.2, -0.15) is 0 Å². The highest BCUT2D eigenvalue weighted by molar-refractivity contribution is 5.75. The van der Waals surface area contributed by atoms with Crippen molar-refractivity contribution < 1.29 is 9.21 Å². The maximum absolute atomic E-state index is 11.5. The van der Waals surface area contributed by atoms with Crippen LogP contribution >= 0.6 is 0 Å². The van der Waals surface area contributed by atoms with Crippen LogP contribution in [0.25, 0.3) is 0 Å². The van der Waals surface area contributed by atoms with E-state index in [1.54, 1.807) is 0 Å². The van der Waals surface area contributed by atoms with Crippen molar-refractivity contribution in [2.75, 3.05) is 6.54 Å². The molecule has 1 heterocycles. The number of hydrogen-bond acceptors (Lipinski definition) is 4. The lowest BCUT2D eigenvalue weighted by Gasteiger charge is -2.02. The predicted octanol–water partition coefficient (Wildman–Crippen LogP) is 1.82. The molecule has 0 fully saturated rings. The molecule has 0 aliphatic heterocycles. The molecule has 1 rings (SSSR count). The highest BCUT2D eigenvalue weighted by Gasteiger charge is 2.07. The molecule has 0 saturated heterocycles. The largest absolute Gasteiger partial charge is 0.444 e. The van der Waals surface area contributed by atoms with Crippen LogP contribution in [0.5, 0.6) is 0 Å². The van der Waals surface area contributed by atoms with Crippen LogP contribution in [0.4, 0.5) is 0 Å². The number of aromatic nitrogens is 1. The van der Waals surface area contributed by atoms with Gasteiger partial charge in [-0.05, 0) is 33.2 Å². The van der Waals surface area contributed by atoms with Crippen molar-refractivity contribution in [3.63, 3.8) is 0 Å². The van der Waals surface area contributed by atoms with E-state index in [0.717, 1.165) is 43.7 Å². The second-order valence-electron chi connectivity index (χ2n) is 4.48. The summed E-state index contributed by atoms with van der Waals surface area (Å²) in [5.74, 6) is 1.43. The number of carbonyl (C=O) groups excluding carboxylic acids is 1. The van der Waals surface area contributed by atoms with Gasteiger partial charge in [0.1, 0.15) is 5.76 Å². The van der Waals surface area contributed by atoms with Gasteiger partial charge in [0.05, 0.1) is 12.2 Å². The molecule has 0 unspecified atom stereocenters. The number of oxazole rings is 1. The van der Waals surface area contributed by atoms with Gasteiger partial charge in [-0.3, -0.25) is 4.79 Å². The number of nitrogens with zero attached hydrogens (tertiary/aromatic N) is 1. The Balaban J connectivity index is 2.13. The minimum Gasteiger partial charge on any atom is -0.444 e. The molecule has 0 aromatic carbocycles. The Bertz CT molecular complexity index is 355. The molecule has 0 saturated carbocycles. The van der Waals surface area contributed by atoms with Crippen molar-refractivity contribution in [2.24, 2.45) is 5.73 Å². The highest BCUT2D eigenvalue weighted by atomic mass is 16.4. The van der Waals surface area contributed by atoms with E-state index in [0.29, 0.717) is 18.9 Å². The molecule has 0 aliphatic rings. The van der Waals surface area contributed by atoms with Crippen molar-refractivity contribution >= 4 is 5.91 Å². The van der Waals surface area contributed by atoms with E-state index in [4.69, 9.17) is 10.2 Å². The van der Waals surface area contributed by atoms with Crippen LogP contribution in [0.15, 0.2) is 4.42 Å². The quantitative estimate of drug-likeness (QED) is 0.692. The zero-order valence-electron chi connectivity index (χ0n) is 11.3. The first-order valence-corrected chi connectivity index (χ1v) is 6.53. The van der Waals surface area contributed by atoms with Gasteiger partial charge < -0.3 is 15.5 Å². The van der Waals surface area contributed by atoms with E-state index < -0.39 is 0 Å². The Labute approximate surface area is 108 Å². The Hall–Kier alpha value is -1.36. The SMILES string of the molecule is Cc1nc(CNC(=O)CCCCCCN)oc1C. The number of amides is 1. The summed E-state index contributed by atoms with van der Waals surface area (Å²) in [6.07, 6.45) is 4.67. The van der Waals surface area contributed by atoms with Crippen molar-refractivity contribution in [1.29, 1.82) is 0 Å². The first-order chi connectivity index (χ1) is 8.63. The second kappa shape index (κ2) is 7.87. The molecular formula is C13H23N3O2. The van der Waals surface area contributed by atoms with E-state index >= 15 is 0 Å². The molecule has 0 bridgehead atoms. The summed E-state index contributed by atoms with van der Waals surface area (Å²) in [6.45, 7) is 4.86. The number of aryl methyl sites for hydroxylation is 2. The van der Waals surface area contributed by atoms with Gasteiger partial charge in [-0.15, -0.1) is 0 Å². The first-order valence-electron chi connectivity index (χ1n) is 6.53. The summed E-state index contributed by atoms with van der Waals surface area (Å²) >= 11 is 0. The second-order valence-corrected chi connectivity index (χ2v) is 4.48. The van der Waals surface area contributed by atoms with E-state index in [-0.39, 0.29) is 5.91 Å². The van der Waals surface area contributed by atoms with E-state index in [1.165, 1.54) is 0 Å². The molecule has 0 aliphatic carbocycles. The molecule has 5 heteroatoms. The van der Waals surface area contributed by atoms with Gasteiger partial charge >= 0.3 is 0 Å². The zero-order valence-corrected chi connectivity index (χ0v) is 11.3. The average Bonchev–Trinajstić information content (AvgIpc) is 2.66. The third-order valence-corrected chi connectivity index (χ3v) is 2.87. The third-order valence-electron chi connectivity index (χ3n) is 2.87. The lowest BCUT2D eigenvalue weighted by Crippen LogP contribution is -2.22. The maximum Gasteiger partial charge on any atom is 0.220 e. The zero-order chi connectivity index (χ0) is 13.4. The Morgan fingerprint density at radius 1 is 1.28 bits per heavy atom. The minimum atomic E-state index is 0.0521. The Morgan fingerprint density at radius 3 is 2.61 bits per heavy atom. The molecule has 1 aromatic heterocycles. The van der Waals surface area contributed by atoms with Crippen LogP contribution in [0.3, 0.4) is 0 Å². The molecule has 1 aromatic rings. The van der Waals surface area contributed by atoms with Crippen molar-refractivity contribution in [3.05, 3.63) is 17.3 Å². The first kappa shape index (κ1) is 14.7. The topological polar surface area (TPSA) is 81.2 Å². The molecule has 1 amide bonds. The summed E-state index contributed by atoms with van der Waals surface area (Å²) in [7, 11) is 0. The molecule has 18 heavy (non-hydrogen) atoms. The van der Waals surface area contributed by atoms with Crippen molar-refractivity contribution in [1.82, 2.24) is 10.3 Å². The number of rotatable bonds is 8. The van der Waals surface area contributed by atoms with Gasteiger partial charge in [0, 0.05) is 6.42 Å². The normalized spacial score (nSPS) is 10.6. The minimum absolute atomic E-state index is 0.0521. The summed E-state index contributed by atoms with van der Waals surface area (Å²) in [4.78, 5) is 15.7. The van der Waals surface area contributed by atoms with E-state index in [1.807, 2.05) is 13.8 Å². The maximum atomic E-state index is 11.5. The number of hydrogen-bond donors (Lipinski definition) is 2. The van der Waals surface area contributed by atoms with E-state index in [2.05, 4.69) is 10.3 Å². The lowest BCUT2D eigenvalue weighted by molar-refractivity contribution is -0.121. The summed E-state index contributed by atoms with van der Waals surface area (Å²) in [5, 5.41) is 2.81. The lowest BCUT2D eigenvalue weighted by atomic mass is 10.1. The molecule has 102 valence electrons. The molecule has 0 spiro atoms. The van der Waals surface area contributed by atoms with Crippen LogP contribution in [-0.2, 0) is 11.3 Å². The standard InChI is InChI=1S/C13H23N3O2/c1-10-11(2)18-13(16-10)9-15-12(17)7-5-3-4-6-8-14/h3-9,14H2,1-2H3,(H,15,17). The molecular weight excluding hydrogens is 230 g/mol. The van der Waals surface area contributed by atoms with Crippen LogP contribution < -0.4 is 11.1 Å². The average molecular weight is 253 g/mol. The number of nitrogens with one attached hydrogen (secondary N) is 1. The fourth-order valence-corrected chi connectivity index (χ4v) is 1.66. The van der Waals surface area contributed by atoms with Gasteiger partial charge in [-0.1, -0.05) is 12.8 Å². The van der Waals surface area contributed by atoms with Gasteiger partial charge in [0.15, 0.2) is 0 Å². The van der Waals surface area contributed by atoms with Crippen LogP contribution in [0, 0.1) is 13.8 Å². The van der Waals surface area contributed by atoms with Crippen molar-refractivity contribution in [3.8, 4) is 0 Å². The smallest absolute Gasteiger partial charge is 0.220 e. The molecule has 0 atom stereocenters. The van der Waals surface area contributed by atoms with Gasteiger partial charge in [0.25, 0.3) is 0 Å². The number of nitrogens with two attached hydrogens (primary N) is 1. The fourth-order valence-electron chi connectivity index (χ4n) is 1.66. The van der Waals surface area contributed by atoms with Crippen LogP contribution in [0.2, 0.25) is 0 Å². The van der Waals surface area contributed by atoms with Crippen LogP contribution in [0.1, 0.15) is 49.4 Å². The van der Waals surface area contributed by atoms with Gasteiger partial charge in [0.2, 0.25) is 11.8 Å². The third kappa shape index (κ3) is 5.31. The Kier molecular flexibility index (Phi) is 6.43. The molecule has 3 N–H and O–H groups in total. The molecule has 5 nitrogen and oxygen atoms in total. The summed E-state index contributed by atoms with van der Waals surface area (Å²) in [6, 6.07) is 0. The van der Waals surface area contributed by atoms with E-state index in [9.17, 15) is 4.79 Å². The Morgan fingerprint density at radius 2 is 2.00 bits per heavy atom. The fraction of sp³-hybridized carbons (Fsp3) is 0.692. The highest BCUT2D eigenvalue weighted by Crippen LogP contribution is 2.08. The van der Waals surface area contributed by atoms with Crippen molar-refractivity contribution in [2.45, 2.75) is 52.5 Å².